The zero-order valence-corrected chi connectivity index (χ0v) is 15.4. The topological polar surface area (TPSA) is 161 Å². The molecule has 0 amide bonds. The molecule has 2 aliphatic rings. The number of Topliss-reactive ketones (excluding diaryl/α,β-unsaturated/α-hetero) is 2. The Hall–Kier alpha value is -1.02. The van der Waals surface area contributed by atoms with Gasteiger partial charge in [-0.15, -0.1) is 0 Å². The van der Waals surface area contributed by atoms with Gasteiger partial charge in [0.1, 0.15) is 48.8 Å². The van der Waals surface area contributed by atoms with Crippen molar-refractivity contribution in [1.29, 1.82) is 0 Å². The molecule has 2 rings (SSSR count). The summed E-state index contributed by atoms with van der Waals surface area (Å²) in [5.41, 5.74) is 0. The molecule has 0 bridgehead atoms. The molecule has 0 spiro atoms. The molecule has 10 atom stereocenters. The molecular formula is C16H26O11. The van der Waals surface area contributed by atoms with Crippen molar-refractivity contribution in [3.8, 4) is 0 Å². The number of rotatable bonds is 6. The normalized spacial score (nSPS) is 45.5. The van der Waals surface area contributed by atoms with Crippen molar-refractivity contribution in [2.45, 2.75) is 75.3 Å². The van der Waals surface area contributed by atoms with E-state index in [1.807, 2.05) is 0 Å². The lowest BCUT2D eigenvalue weighted by Gasteiger charge is -2.45. The van der Waals surface area contributed by atoms with Crippen LogP contribution in [-0.4, -0.2) is 108 Å². The fourth-order valence-corrected chi connectivity index (χ4v) is 3.21. The average Bonchev–Trinajstić information content (AvgIpc) is 2.62. The van der Waals surface area contributed by atoms with Crippen LogP contribution >= 0.6 is 0 Å². The minimum Gasteiger partial charge on any atom is -0.387 e. The van der Waals surface area contributed by atoms with Crippen molar-refractivity contribution in [3.05, 3.63) is 0 Å². The fourth-order valence-electron chi connectivity index (χ4n) is 3.21. The Labute approximate surface area is 155 Å². The summed E-state index contributed by atoms with van der Waals surface area (Å²) in [4.78, 5) is 23.7. The van der Waals surface area contributed by atoms with E-state index in [1.54, 1.807) is 0 Å². The first kappa shape index (κ1) is 22.3. The van der Waals surface area contributed by atoms with E-state index in [1.165, 1.54) is 28.1 Å². The summed E-state index contributed by atoms with van der Waals surface area (Å²) in [6, 6.07) is 0. The molecule has 0 aromatic heterocycles. The Morgan fingerprint density at radius 3 is 1.63 bits per heavy atom. The summed E-state index contributed by atoms with van der Waals surface area (Å²) >= 11 is 0. The van der Waals surface area contributed by atoms with Gasteiger partial charge < -0.3 is 44.1 Å². The van der Waals surface area contributed by atoms with Gasteiger partial charge in [0.15, 0.2) is 24.1 Å². The van der Waals surface area contributed by atoms with Gasteiger partial charge in [0.25, 0.3) is 0 Å². The molecule has 0 aromatic carbocycles. The standard InChI is InChI=1S/C16H26O11/c1-5(17)11-13(23-3)7(19)10(22)16(26-11)27-14-8(20)9(21)15(24-4)25-12(14)6(2)18/h7-16,19-22H,1-4H3. The predicted octanol–water partition coefficient (Wildman–Crippen LogP) is -2.90. The summed E-state index contributed by atoms with van der Waals surface area (Å²) in [6.45, 7) is 2.40. The molecule has 0 aliphatic carbocycles. The third-order valence-electron chi connectivity index (χ3n) is 4.69. The van der Waals surface area contributed by atoms with E-state index in [2.05, 4.69) is 0 Å². The maximum atomic E-state index is 11.9. The van der Waals surface area contributed by atoms with Gasteiger partial charge in [-0.05, 0) is 13.8 Å². The lowest BCUT2D eigenvalue weighted by molar-refractivity contribution is -0.346. The van der Waals surface area contributed by atoms with Crippen molar-refractivity contribution in [2.24, 2.45) is 0 Å². The summed E-state index contributed by atoms with van der Waals surface area (Å²) in [6.07, 6.45) is -14.3. The number of ether oxygens (including phenoxy) is 5. The quantitative estimate of drug-likeness (QED) is 0.366. The highest BCUT2D eigenvalue weighted by Crippen LogP contribution is 2.30. The molecule has 2 saturated heterocycles. The fraction of sp³-hybridized carbons (Fsp3) is 0.875. The van der Waals surface area contributed by atoms with Crippen molar-refractivity contribution in [3.63, 3.8) is 0 Å². The van der Waals surface area contributed by atoms with Crippen LogP contribution in [0, 0.1) is 0 Å². The third-order valence-corrected chi connectivity index (χ3v) is 4.69. The average molecular weight is 394 g/mol. The van der Waals surface area contributed by atoms with E-state index in [4.69, 9.17) is 23.7 Å². The van der Waals surface area contributed by atoms with Crippen molar-refractivity contribution >= 4 is 11.6 Å². The largest absolute Gasteiger partial charge is 0.387 e. The summed E-state index contributed by atoms with van der Waals surface area (Å²) in [5.74, 6) is -1.01. The lowest BCUT2D eigenvalue weighted by atomic mass is 9.94. The summed E-state index contributed by atoms with van der Waals surface area (Å²) in [5, 5.41) is 40.9. The zero-order chi connectivity index (χ0) is 20.5. The number of aliphatic hydroxyl groups is 4. The maximum Gasteiger partial charge on any atom is 0.187 e. The zero-order valence-electron chi connectivity index (χ0n) is 15.4. The van der Waals surface area contributed by atoms with E-state index >= 15 is 0 Å². The minimum atomic E-state index is -1.65. The molecule has 4 N–H and O–H groups in total. The van der Waals surface area contributed by atoms with Crippen molar-refractivity contribution in [2.75, 3.05) is 14.2 Å². The molecule has 11 heteroatoms. The van der Waals surface area contributed by atoms with Crippen LogP contribution in [0.2, 0.25) is 0 Å². The van der Waals surface area contributed by atoms with E-state index in [9.17, 15) is 30.0 Å². The third kappa shape index (κ3) is 4.36. The van der Waals surface area contributed by atoms with Gasteiger partial charge >= 0.3 is 0 Å². The van der Waals surface area contributed by atoms with Crippen LogP contribution in [0.15, 0.2) is 0 Å². The van der Waals surface area contributed by atoms with E-state index in [0.29, 0.717) is 0 Å². The van der Waals surface area contributed by atoms with Gasteiger partial charge in [-0.2, -0.15) is 0 Å². The molecule has 0 aromatic rings. The van der Waals surface area contributed by atoms with Crippen molar-refractivity contribution in [1.82, 2.24) is 0 Å². The Morgan fingerprint density at radius 1 is 0.704 bits per heavy atom. The predicted molar refractivity (Wildman–Crippen MR) is 85.4 cm³/mol. The Kier molecular flexibility index (Phi) is 7.41. The summed E-state index contributed by atoms with van der Waals surface area (Å²) in [7, 11) is 2.47. The van der Waals surface area contributed by atoms with Crippen LogP contribution in [0.4, 0.5) is 0 Å². The molecule has 10 unspecified atom stereocenters. The molecule has 0 saturated carbocycles. The second-order valence-corrected chi connectivity index (χ2v) is 6.57. The van der Waals surface area contributed by atoms with Crippen LogP contribution in [0.25, 0.3) is 0 Å². The number of carbonyl (C=O) groups is 2. The van der Waals surface area contributed by atoms with Gasteiger partial charge in [-0.1, -0.05) is 0 Å². The number of aliphatic hydroxyl groups excluding tert-OH is 4. The Bertz CT molecular complexity index is 540. The monoisotopic (exact) mass is 394 g/mol. The van der Waals surface area contributed by atoms with Crippen LogP contribution in [0.3, 0.4) is 0 Å². The van der Waals surface area contributed by atoms with Crippen molar-refractivity contribution < 1.29 is 53.7 Å². The van der Waals surface area contributed by atoms with Crippen LogP contribution in [0.1, 0.15) is 13.8 Å². The van der Waals surface area contributed by atoms with Gasteiger partial charge in [0, 0.05) is 14.2 Å². The highest BCUT2D eigenvalue weighted by atomic mass is 16.7. The van der Waals surface area contributed by atoms with Crippen LogP contribution in [0.5, 0.6) is 0 Å². The Morgan fingerprint density at radius 2 is 1.15 bits per heavy atom. The highest BCUT2D eigenvalue weighted by molar-refractivity contribution is 5.82. The maximum absolute atomic E-state index is 11.9. The minimum absolute atomic E-state index is 0.482. The molecule has 2 heterocycles. The van der Waals surface area contributed by atoms with Crippen LogP contribution < -0.4 is 0 Å². The number of ketones is 2. The van der Waals surface area contributed by atoms with Gasteiger partial charge in [-0.25, -0.2) is 0 Å². The number of hydrogen-bond acceptors (Lipinski definition) is 11. The molecule has 27 heavy (non-hydrogen) atoms. The first-order valence-electron chi connectivity index (χ1n) is 8.39. The lowest BCUT2D eigenvalue weighted by Crippen LogP contribution is -2.65. The second kappa shape index (κ2) is 8.99. The van der Waals surface area contributed by atoms with Gasteiger partial charge in [0.2, 0.25) is 0 Å². The molecule has 11 nitrogen and oxygen atoms in total. The summed E-state index contributed by atoms with van der Waals surface area (Å²) < 4.78 is 26.1. The van der Waals surface area contributed by atoms with E-state index < -0.39 is 73.0 Å². The smallest absolute Gasteiger partial charge is 0.187 e. The SMILES string of the molecule is COC1OC(C(C)=O)C(OC2OC(C(C)=O)C(OC)C(O)C2O)C(O)C1O. The molecular weight excluding hydrogens is 368 g/mol. The molecule has 156 valence electrons. The number of hydrogen-bond donors (Lipinski definition) is 4. The number of carbonyl (C=O) groups excluding carboxylic acids is 2. The highest BCUT2D eigenvalue weighted by Gasteiger charge is 2.52. The van der Waals surface area contributed by atoms with E-state index in [-0.39, 0.29) is 0 Å². The van der Waals surface area contributed by atoms with E-state index in [0.717, 1.165) is 0 Å². The first-order valence-corrected chi connectivity index (χ1v) is 8.39. The molecule has 0 radical (unpaired) electrons. The van der Waals surface area contributed by atoms with Gasteiger partial charge in [0.05, 0.1) is 0 Å². The first-order chi connectivity index (χ1) is 12.6. The number of methoxy groups -OCH3 is 2. The Balaban J connectivity index is 2.24. The molecule has 2 aliphatic heterocycles. The van der Waals surface area contributed by atoms with Gasteiger partial charge in [-0.3, -0.25) is 9.59 Å². The second-order valence-electron chi connectivity index (χ2n) is 6.57. The molecule has 2 fully saturated rings. The van der Waals surface area contributed by atoms with Crippen LogP contribution in [-0.2, 0) is 33.3 Å².